The first kappa shape index (κ1) is 23.4. The van der Waals surface area contributed by atoms with Gasteiger partial charge in [-0.2, -0.15) is 0 Å². The van der Waals surface area contributed by atoms with Gasteiger partial charge in [-0.25, -0.2) is 4.79 Å². The molecule has 1 saturated carbocycles. The molecule has 1 aliphatic carbocycles. The van der Waals surface area contributed by atoms with Crippen LogP contribution in [0.5, 0.6) is 0 Å². The van der Waals surface area contributed by atoms with Crippen molar-refractivity contribution >= 4 is 30.4 Å². The molecule has 2 aromatic rings. The number of ether oxygens (including phenoxy) is 1. The zero-order chi connectivity index (χ0) is 22.7. The van der Waals surface area contributed by atoms with E-state index in [1.54, 1.807) is 6.92 Å². The SMILES string of the molecule is CCOC(=O)C(=O)C(C)C1(CO[Si](c2ccccc2)(c2ccccc2)C(C)(C)C)CC1. The van der Waals surface area contributed by atoms with E-state index < -0.39 is 26.0 Å². The maximum Gasteiger partial charge on any atom is 0.374 e. The lowest BCUT2D eigenvalue weighted by Crippen LogP contribution is -2.67. The second-order valence-corrected chi connectivity index (χ2v) is 13.9. The van der Waals surface area contributed by atoms with Gasteiger partial charge in [-0.15, -0.1) is 0 Å². The summed E-state index contributed by atoms with van der Waals surface area (Å²) < 4.78 is 12.0. The summed E-state index contributed by atoms with van der Waals surface area (Å²) in [7, 11) is -2.67. The summed E-state index contributed by atoms with van der Waals surface area (Å²) in [4.78, 5) is 24.7. The van der Waals surface area contributed by atoms with E-state index in [1.165, 1.54) is 10.4 Å². The van der Waals surface area contributed by atoms with Crippen molar-refractivity contribution < 1.29 is 18.8 Å². The molecular formula is C26H34O4Si. The fraction of sp³-hybridized carbons (Fsp3) is 0.462. The van der Waals surface area contributed by atoms with Gasteiger partial charge in [-0.1, -0.05) is 88.4 Å². The summed E-state index contributed by atoms with van der Waals surface area (Å²) in [5.74, 6) is -1.58. The first-order valence-corrected chi connectivity index (χ1v) is 13.0. The van der Waals surface area contributed by atoms with E-state index in [4.69, 9.17) is 9.16 Å². The van der Waals surface area contributed by atoms with Gasteiger partial charge in [0, 0.05) is 17.9 Å². The molecule has 1 aliphatic rings. The second kappa shape index (κ2) is 9.09. The lowest BCUT2D eigenvalue weighted by Gasteiger charge is -2.44. The number of carbonyl (C=O) groups is 2. The molecule has 1 fully saturated rings. The molecule has 166 valence electrons. The molecular weight excluding hydrogens is 404 g/mol. The topological polar surface area (TPSA) is 52.6 Å². The van der Waals surface area contributed by atoms with E-state index in [0.717, 1.165) is 12.8 Å². The van der Waals surface area contributed by atoms with E-state index >= 15 is 0 Å². The Morgan fingerprint density at radius 2 is 1.45 bits per heavy atom. The number of rotatable bonds is 9. The average molecular weight is 439 g/mol. The van der Waals surface area contributed by atoms with Crippen molar-refractivity contribution in [2.75, 3.05) is 13.2 Å². The van der Waals surface area contributed by atoms with Crippen LogP contribution in [0.1, 0.15) is 47.5 Å². The third-order valence-electron chi connectivity index (χ3n) is 6.67. The standard InChI is InChI=1S/C26H34O4Si/c1-6-29-24(28)23(27)20(2)26(17-18-26)19-30-31(25(3,4)5,21-13-9-7-10-14-21)22-15-11-8-12-16-22/h7-16,20H,6,17-19H2,1-5H3. The van der Waals surface area contributed by atoms with Crippen molar-refractivity contribution in [1.82, 2.24) is 0 Å². The summed E-state index contributed by atoms with van der Waals surface area (Å²) in [6.45, 7) is 11.0. The van der Waals surface area contributed by atoms with E-state index in [1.807, 2.05) is 19.1 Å². The molecule has 0 spiro atoms. The number of benzene rings is 2. The van der Waals surface area contributed by atoms with Gasteiger partial charge in [0.25, 0.3) is 8.32 Å². The lowest BCUT2D eigenvalue weighted by molar-refractivity contribution is -0.156. The van der Waals surface area contributed by atoms with Gasteiger partial charge in [-0.3, -0.25) is 4.79 Å². The van der Waals surface area contributed by atoms with Gasteiger partial charge in [-0.05, 0) is 35.2 Å². The van der Waals surface area contributed by atoms with E-state index in [2.05, 4.69) is 69.3 Å². The van der Waals surface area contributed by atoms with E-state index in [0.29, 0.717) is 6.61 Å². The molecule has 3 rings (SSSR count). The Labute approximate surface area is 187 Å². The van der Waals surface area contributed by atoms with Gasteiger partial charge >= 0.3 is 5.97 Å². The van der Waals surface area contributed by atoms with Gasteiger partial charge in [0.15, 0.2) is 0 Å². The molecule has 0 radical (unpaired) electrons. The molecule has 31 heavy (non-hydrogen) atoms. The molecule has 0 N–H and O–H groups in total. The largest absolute Gasteiger partial charge is 0.460 e. The van der Waals surface area contributed by atoms with Gasteiger partial charge in [0.1, 0.15) is 0 Å². The van der Waals surface area contributed by atoms with Crippen LogP contribution in [-0.2, 0) is 18.8 Å². The highest BCUT2D eigenvalue weighted by atomic mass is 28.4. The fourth-order valence-electron chi connectivity index (χ4n) is 4.53. The van der Waals surface area contributed by atoms with Gasteiger partial charge < -0.3 is 9.16 Å². The van der Waals surface area contributed by atoms with Gasteiger partial charge in [0.05, 0.1) is 6.61 Å². The van der Waals surface area contributed by atoms with Crippen molar-refractivity contribution in [2.24, 2.45) is 11.3 Å². The maximum absolute atomic E-state index is 12.7. The van der Waals surface area contributed by atoms with Crippen molar-refractivity contribution in [3.63, 3.8) is 0 Å². The first-order valence-electron chi connectivity index (χ1n) is 11.1. The molecule has 0 saturated heterocycles. The molecule has 0 amide bonds. The van der Waals surface area contributed by atoms with Crippen LogP contribution in [0.15, 0.2) is 60.7 Å². The molecule has 0 aromatic heterocycles. The highest BCUT2D eigenvalue weighted by molar-refractivity contribution is 6.99. The highest BCUT2D eigenvalue weighted by Crippen LogP contribution is 2.53. The Balaban J connectivity index is 1.97. The van der Waals surface area contributed by atoms with Crippen molar-refractivity contribution in [1.29, 1.82) is 0 Å². The average Bonchev–Trinajstić information content (AvgIpc) is 3.55. The number of carbonyl (C=O) groups excluding carboxylic acids is 2. The Hall–Kier alpha value is -2.24. The molecule has 1 unspecified atom stereocenters. The number of ketones is 1. The lowest BCUT2D eigenvalue weighted by atomic mass is 9.88. The van der Waals surface area contributed by atoms with Crippen LogP contribution in [0, 0.1) is 11.3 Å². The van der Waals surface area contributed by atoms with Crippen molar-refractivity contribution in [3.05, 3.63) is 60.7 Å². The highest BCUT2D eigenvalue weighted by Gasteiger charge is 2.56. The number of hydrogen-bond acceptors (Lipinski definition) is 4. The third kappa shape index (κ3) is 4.53. The predicted molar refractivity (Wildman–Crippen MR) is 126 cm³/mol. The minimum Gasteiger partial charge on any atom is -0.460 e. The molecule has 5 heteroatoms. The number of Topliss-reactive ketones (excluding diaryl/α,β-unsaturated/α-hetero) is 1. The molecule has 0 aliphatic heterocycles. The summed E-state index contributed by atoms with van der Waals surface area (Å²) >= 11 is 0. The van der Waals surface area contributed by atoms with E-state index in [9.17, 15) is 9.59 Å². The van der Waals surface area contributed by atoms with Crippen LogP contribution in [0.3, 0.4) is 0 Å². The fourth-order valence-corrected chi connectivity index (χ4v) is 9.19. The van der Waals surface area contributed by atoms with Crippen LogP contribution >= 0.6 is 0 Å². The van der Waals surface area contributed by atoms with Crippen molar-refractivity contribution in [3.8, 4) is 0 Å². The number of esters is 1. The Morgan fingerprint density at radius 1 is 0.968 bits per heavy atom. The minimum absolute atomic E-state index is 0.125. The van der Waals surface area contributed by atoms with Gasteiger partial charge in [0.2, 0.25) is 5.78 Å². The minimum atomic E-state index is -2.67. The monoisotopic (exact) mass is 438 g/mol. The number of hydrogen-bond donors (Lipinski definition) is 0. The van der Waals surface area contributed by atoms with Crippen molar-refractivity contribution in [2.45, 2.75) is 52.5 Å². The third-order valence-corrected chi connectivity index (χ3v) is 11.7. The predicted octanol–water partition coefficient (Wildman–Crippen LogP) is 4.11. The molecule has 4 nitrogen and oxygen atoms in total. The van der Waals surface area contributed by atoms with Crippen LogP contribution in [0.4, 0.5) is 0 Å². The summed E-state index contributed by atoms with van der Waals surface area (Å²) in [5, 5.41) is 2.31. The summed E-state index contributed by atoms with van der Waals surface area (Å²) in [6.07, 6.45) is 1.77. The quantitative estimate of drug-likeness (QED) is 0.336. The van der Waals surface area contributed by atoms with Crippen LogP contribution < -0.4 is 10.4 Å². The van der Waals surface area contributed by atoms with E-state index in [-0.39, 0.29) is 17.1 Å². The van der Waals surface area contributed by atoms with Crippen LogP contribution in [0.25, 0.3) is 0 Å². The molecule has 0 bridgehead atoms. The Morgan fingerprint density at radius 3 is 1.84 bits per heavy atom. The second-order valence-electron chi connectivity index (χ2n) is 9.62. The first-order chi connectivity index (χ1) is 14.7. The van der Waals surface area contributed by atoms with Crippen LogP contribution in [0.2, 0.25) is 5.04 Å². The molecule has 1 atom stereocenters. The normalized spacial score (nSPS) is 16.4. The zero-order valence-electron chi connectivity index (χ0n) is 19.3. The smallest absolute Gasteiger partial charge is 0.374 e. The Bertz CT molecular complexity index is 859. The summed E-state index contributed by atoms with van der Waals surface area (Å²) in [6, 6.07) is 21.0. The van der Waals surface area contributed by atoms with Crippen LogP contribution in [-0.4, -0.2) is 33.3 Å². The molecule has 0 heterocycles. The summed E-state index contributed by atoms with van der Waals surface area (Å²) in [5.41, 5.74) is -0.295. The zero-order valence-corrected chi connectivity index (χ0v) is 20.3. The molecule has 2 aromatic carbocycles. The maximum atomic E-state index is 12.7. The Kier molecular flexibility index (Phi) is 6.87.